The third kappa shape index (κ3) is 6.41. The quantitative estimate of drug-likeness (QED) is 0.172. The number of nitrogens with zero attached hydrogens (tertiary/aromatic N) is 4. The Morgan fingerprint density at radius 2 is 1.83 bits per heavy atom. The van der Waals surface area contributed by atoms with E-state index in [4.69, 9.17) is 16.3 Å². The number of methoxy groups -OCH3 is 1. The summed E-state index contributed by atoms with van der Waals surface area (Å²) < 4.78 is 7.24. The van der Waals surface area contributed by atoms with Crippen LogP contribution in [0.3, 0.4) is 0 Å². The molecule has 7 nitrogen and oxygen atoms in total. The molecule has 182 valence electrons. The molecule has 4 rings (SSSR count). The van der Waals surface area contributed by atoms with Crippen molar-refractivity contribution < 1.29 is 9.53 Å². The molecule has 3 aromatic carbocycles. The SMILES string of the molecule is COc1ccccc1/C=C/C=N\NC(=O)CSc1nnc(-c2ccc(Cl)cc2)n1-c1ccc(C)cc1. The molecule has 0 saturated heterocycles. The molecule has 0 unspecified atom stereocenters. The van der Waals surface area contributed by atoms with Crippen molar-refractivity contribution in [1.82, 2.24) is 20.2 Å². The van der Waals surface area contributed by atoms with Crippen molar-refractivity contribution in [2.24, 2.45) is 5.10 Å². The van der Waals surface area contributed by atoms with Gasteiger partial charge in [-0.3, -0.25) is 9.36 Å². The monoisotopic (exact) mass is 517 g/mol. The summed E-state index contributed by atoms with van der Waals surface area (Å²) in [6, 6.07) is 23.1. The second-order valence-electron chi connectivity index (χ2n) is 7.69. The van der Waals surface area contributed by atoms with Crippen molar-refractivity contribution in [2.45, 2.75) is 12.1 Å². The van der Waals surface area contributed by atoms with Crippen molar-refractivity contribution in [1.29, 1.82) is 0 Å². The summed E-state index contributed by atoms with van der Waals surface area (Å²) in [6.45, 7) is 2.03. The van der Waals surface area contributed by atoms with E-state index in [1.807, 2.05) is 90.4 Å². The summed E-state index contributed by atoms with van der Waals surface area (Å²) >= 11 is 7.34. The number of ether oxygens (including phenoxy) is 1. The number of thioether (sulfide) groups is 1. The minimum Gasteiger partial charge on any atom is -0.496 e. The number of para-hydroxylation sites is 1. The van der Waals surface area contributed by atoms with Crippen LogP contribution in [0.25, 0.3) is 23.2 Å². The molecule has 0 atom stereocenters. The van der Waals surface area contributed by atoms with Gasteiger partial charge in [-0.15, -0.1) is 10.2 Å². The van der Waals surface area contributed by atoms with Gasteiger partial charge in [0.05, 0.1) is 12.9 Å². The Bertz CT molecular complexity index is 1380. The van der Waals surface area contributed by atoms with Gasteiger partial charge in [0.2, 0.25) is 0 Å². The summed E-state index contributed by atoms with van der Waals surface area (Å²) in [5.74, 6) is 1.29. The van der Waals surface area contributed by atoms with E-state index in [1.54, 1.807) is 13.2 Å². The first-order valence-corrected chi connectivity index (χ1v) is 12.4. The highest BCUT2D eigenvalue weighted by Crippen LogP contribution is 2.29. The van der Waals surface area contributed by atoms with E-state index in [0.717, 1.165) is 28.1 Å². The lowest BCUT2D eigenvalue weighted by atomic mass is 10.2. The molecule has 0 bridgehead atoms. The first kappa shape index (κ1) is 25.2. The minimum atomic E-state index is -0.256. The lowest BCUT2D eigenvalue weighted by Gasteiger charge is -2.10. The average Bonchev–Trinajstić information content (AvgIpc) is 3.32. The van der Waals surface area contributed by atoms with Crippen LogP contribution in [0.15, 0.2) is 89.1 Å². The highest BCUT2D eigenvalue weighted by Gasteiger charge is 2.17. The Balaban J connectivity index is 1.44. The van der Waals surface area contributed by atoms with Gasteiger partial charge in [-0.25, -0.2) is 5.43 Å². The Kier molecular flexibility index (Phi) is 8.54. The number of benzene rings is 3. The van der Waals surface area contributed by atoms with Crippen LogP contribution in [0.2, 0.25) is 5.02 Å². The Morgan fingerprint density at radius 3 is 2.58 bits per heavy atom. The maximum Gasteiger partial charge on any atom is 0.250 e. The lowest BCUT2D eigenvalue weighted by Crippen LogP contribution is -2.19. The van der Waals surface area contributed by atoms with Gasteiger partial charge < -0.3 is 4.74 Å². The van der Waals surface area contributed by atoms with E-state index in [0.29, 0.717) is 16.0 Å². The smallest absolute Gasteiger partial charge is 0.250 e. The van der Waals surface area contributed by atoms with E-state index in [1.165, 1.54) is 18.0 Å². The highest BCUT2D eigenvalue weighted by atomic mass is 35.5. The molecular formula is C27H24ClN5O2S. The van der Waals surface area contributed by atoms with E-state index in [9.17, 15) is 4.79 Å². The largest absolute Gasteiger partial charge is 0.496 e. The number of aromatic nitrogens is 3. The van der Waals surface area contributed by atoms with Crippen molar-refractivity contribution in [2.75, 3.05) is 12.9 Å². The van der Waals surface area contributed by atoms with Gasteiger partial charge in [0, 0.05) is 28.1 Å². The van der Waals surface area contributed by atoms with Crippen molar-refractivity contribution in [3.05, 3.63) is 95.0 Å². The average molecular weight is 518 g/mol. The zero-order valence-corrected chi connectivity index (χ0v) is 21.3. The first-order chi connectivity index (χ1) is 17.5. The fourth-order valence-electron chi connectivity index (χ4n) is 3.34. The van der Waals surface area contributed by atoms with Crippen LogP contribution >= 0.6 is 23.4 Å². The third-order valence-electron chi connectivity index (χ3n) is 5.12. The first-order valence-electron chi connectivity index (χ1n) is 11.1. The van der Waals surface area contributed by atoms with Gasteiger partial charge in [0.15, 0.2) is 11.0 Å². The topological polar surface area (TPSA) is 81.4 Å². The van der Waals surface area contributed by atoms with E-state index in [-0.39, 0.29) is 11.7 Å². The number of rotatable bonds is 9. The number of nitrogens with one attached hydrogen (secondary N) is 1. The van der Waals surface area contributed by atoms with E-state index < -0.39 is 0 Å². The second-order valence-corrected chi connectivity index (χ2v) is 9.07. The number of halogens is 1. The molecule has 0 aliphatic rings. The van der Waals surface area contributed by atoms with Crippen LogP contribution in [-0.2, 0) is 4.79 Å². The van der Waals surface area contributed by atoms with Gasteiger partial charge in [-0.1, -0.05) is 59.3 Å². The van der Waals surface area contributed by atoms with Crippen LogP contribution in [0, 0.1) is 6.92 Å². The maximum atomic E-state index is 12.4. The molecule has 9 heteroatoms. The minimum absolute atomic E-state index is 0.123. The van der Waals surface area contributed by atoms with Gasteiger partial charge in [-0.05, 0) is 61.5 Å². The Morgan fingerprint density at radius 1 is 1.08 bits per heavy atom. The number of aryl methyl sites for hydroxylation is 1. The van der Waals surface area contributed by atoms with Crippen LogP contribution in [-0.4, -0.2) is 39.7 Å². The number of amides is 1. The van der Waals surface area contributed by atoms with Crippen LogP contribution in [0.1, 0.15) is 11.1 Å². The van der Waals surface area contributed by atoms with Crippen molar-refractivity contribution >= 4 is 41.6 Å². The lowest BCUT2D eigenvalue weighted by molar-refractivity contribution is -0.118. The third-order valence-corrected chi connectivity index (χ3v) is 6.31. The summed E-state index contributed by atoms with van der Waals surface area (Å²) in [6.07, 6.45) is 5.10. The van der Waals surface area contributed by atoms with Gasteiger partial charge in [0.1, 0.15) is 5.75 Å². The Labute approximate surface area is 218 Å². The molecule has 0 saturated carbocycles. The molecule has 1 aromatic heterocycles. The van der Waals surface area contributed by atoms with Crippen molar-refractivity contribution in [3.63, 3.8) is 0 Å². The van der Waals surface area contributed by atoms with Crippen LogP contribution in [0.5, 0.6) is 5.75 Å². The number of hydrogen-bond acceptors (Lipinski definition) is 6. The zero-order valence-electron chi connectivity index (χ0n) is 19.8. The Hall–Kier alpha value is -3.88. The summed E-state index contributed by atoms with van der Waals surface area (Å²) in [4.78, 5) is 12.4. The molecule has 0 fully saturated rings. The molecule has 0 aliphatic carbocycles. The molecule has 0 radical (unpaired) electrons. The van der Waals surface area contributed by atoms with Crippen LogP contribution < -0.4 is 10.2 Å². The zero-order chi connectivity index (χ0) is 25.3. The fourth-order valence-corrected chi connectivity index (χ4v) is 4.21. The van der Waals surface area contributed by atoms with Crippen LogP contribution in [0.4, 0.5) is 0 Å². The summed E-state index contributed by atoms with van der Waals surface area (Å²) in [5, 5.41) is 14.0. The molecule has 36 heavy (non-hydrogen) atoms. The van der Waals surface area contributed by atoms with Gasteiger partial charge >= 0.3 is 0 Å². The maximum absolute atomic E-state index is 12.4. The van der Waals surface area contributed by atoms with E-state index in [2.05, 4.69) is 20.7 Å². The predicted molar refractivity (Wildman–Crippen MR) is 146 cm³/mol. The predicted octanol–water partition coefficient (Wildman–Crippen LogP) is 5.81. The number of carbonyl (C=O) groups is 1. The molecule has 1 N–H and O–H groups in total. The molecule has 1 amide bonds. The molecule has 4 aromatic rings. The highest BCUT2D eigenvalue weighted by molar-refractivity contribution is 7.99. The molecule has 0 aliphatic heterocycles. The molecular weight excluding hydrogens is 494 g/mol. The number of hydrogen-bond donors (Lipinski definition) is 1. The number of carbonyl (C=O) groups excluding carboxylic acids is 1. The summed E-state index contributed by atoms with van der Waals surface area (Å²) in [5.41, 5.74) is 6.37. The summed E-state index contributed by atoms with van der Waals surface area (Å²) in [7, 11) is 1.62. The fraction of sp³-hybridized carbons (Fsp3) is 0.111. The van der Waals surface area contributed by atoms with Crippen molar-refractivity contribution in [3.8, 4) is 22.8 Å². The standard InChI is InChI=1S/C27H24ClN5O2S/c1-19-9-15-23(16-10-19)33-26(21-11-13-22(28)14-12-21)31-32-27(33)36-18-25(34)30-29-17-5-7-20-6-3-4-8-24(20)35-2/h3-17H,18H2,1-2H3,(H,30,34)/b7-5+,29-17-. The number of hydrazone groups is 1. The molecule has 0 spiro atoms. The normalized spacial score (nSPS) is 11.3. The number of allylic oxidation sites excluding steroid dienone is 1. The van der Waals surface area contributed by atoms with Gasteiger partial charge in [-0.2, -0.15) is 5.10 Å². The van der Waals surface area contributed by atoms with Gasteiger partial charge in [0.25, 0.3) is 5.91 Å². The second kappa shape index (κ2) is 12.2. The molecule has 1 heterocycles. The van der Waals surface area contributed by atoms with E-state index >= 15 is 0 Å².